The van der Waals surface area contributed by atoms with Crippen molar-refractivity contribution in [3.05, 3.63) is 51.9 Å². The van der Waals surface area contributed by atoms with E-state index in [1.807, 2.05) is 0 Å². The Morgan fingerprint density at radius 3 is 2.47 bits per heavy atom. The smallest absolute Gasteiger partial charge is 0.418 e. The van der Waals surface area contributed by atoms with Crippen molar-refractivity contribution < 1.29 is 23.8 Å². The van der Waals surface area contributed by atoms with E-state index in [0.29, 0.717) is 16.8 Å². The van der Waals surface area contributed by atoms with Gasteiger partial charge in [-0.1, -0.05) is 11.6 Å². The van der Waals surface area contributed by atoms with Crippen LogP contribution in [0.1, 0.15) is 69.3 Å². The molecule has 1 unspecified atom stereocenters. The highest BCUT2D eigenvalue weighted by molar-refractivity contribution is 6.31. The summed E-state index contributed by atoms with van der Waals surface area (Å²) in [5.41, 5.74) is -0.211. The Kier molecular flexibility index (Phi) is 5.41. The normalized spacial score (nSPS) is 16.4. The molecule has 160 valence electrons. The molecule has 1 aromatic heterocycles. The molecule has 2 heterocycles. The highest BCUT2D eigenvalue weighted by Gasteiger charge is 2.50. The lowest BCUT2D eigenvalue weighted by atomic mass is 9.91. The Bertz CT molecular complexity index is 1040. The van der Waals surface area contributed by atoms with E-state index in [2.05, 4.69) is 4.98 Å². The molecule has 1 aliphatic heterocycles. The van der Waals surface area contributed by atoms with Crippen LogP contribution in [0.25, 0.3) is 11.3 Å². The second kappa shape index (κ2) is 7.32. The van der Waals surface area contributed by atoms with Crippen LogP contribution in [0.5, 0.6) is 0 Å². The molecule has 1 aromatic carbocycles. The number of hydrogen-bond donors (Lipinski definition) is 1. The zero-order valence-electron chi connectivity index (χ0n) is 17.7. The van der Waals surface area contributed by atoms with E-state index in [4.69, 9.17) is 16.3 Å². The quantitative estimate of drug-likeness (QED) is 0.700. The zero-order valence-corrected chi connectivity index (χ0v) is 18.5. The van der Waals surface area contributed by atoms with Crippen molar-refractivity contribution in [1.29, 1.82) is 0 Å². The van der Waals surface area contributed by atoms with Crippen molar-refractivity contribution in [2.75, 3.05) is 0 Å². The average molecular weight is 435 g/mol. The summed E-state index contributed by atoms with van der Waals surface area (Å²) in [5.74, 6) is -1.19. The van der Waals surface area contributed by atoms with E-state index in [1.165, 1.54) is 18.2 Å². The first-order valence-electron chi connectivity index (χ1n) is 9.50. The highest BCUT2D eigenvalue weighted by Crippen LogP contribution is 2.44. The third-order valence-corrected chi connectivity index (χ3v) is 5.16. The fourth-order valence-corrected chi connectivity index (χ4v) is 3.62. The summed E-state index contributed by atoms with van der Waals surface area (Å²) in [6.07, 6.45) is -1.71. The van der Waals surface area contributed by atoms with Gasteiger partial charge in [0.15, 0.2) is 0 Å². The van der Waals surface area contributed by atoms with Gasteiger partial charge >= 0.3 is 6.09 Å². The van der Waals surface area contributed by atoms with Crippen molar-refractivity contribution in [1.82, 2.24) is 9.88 Å². The third-order valence-electron chi connectivity index (χ3n) is 4.87. The van der Waals surface area contributed by atoms with E-state index in [-0.39, 0.29) is 16.3 Å². The molecule has 3 rings (SSSR count). The number of halogens is 2. The van der Waals surface area contributed by atoms with Gasteiger partial charge in [0.1, 0.15) is 11.4 Å². The number of aliphatic hydroxyl groups excluding tert-OH is 1. The van der Waals surface area contributed by atoms with Gasteiger partial charge in [0, 0.05) is 5.56 Å². The lowest BCUT2D eigenvalue weighted by Gasteiger charge is -2.32. The molecule has 0 fully saturated rings. The molecule has 6 nitrogen and oxygen atoms in total. The number of pyridine rings is 1. The minimum atomic E-state index is -1.06. The Hall–Kier alpha value is -2.51. The standard InChI is InChI=1S/C22H24ClFN2O4/c1-11(27)16-10-13-17(18(25-16)12-7-8-15(24)14(23)9-12)19(28)26(22(13,5)6)20(29)30-21(2,3)4/h7-11,27H,1-6H3. The summed E-state index contributed by atoms with van der Waals surface area (Å²) in [6, 6.07) is 5.60. The molecule has 0 saturated heterocycles. The monoisotopic (exact) mass is 434 g/mol. The first kappa shape index (κ1) is 22.2. The van der Waals surface area contributed by atoms with Gasteiger partial charge in [-0.25, -0.2) is 19.1 Å². The van der Waals surface area contributed by atoms with Gasteiger partial charge in [-0.3, -0.25) is 4.79 Å². The van der Waals surface area contributed by atoms with Crippen LogP contribution in [0.15, 0.2) is 24.3 Å². The number of fused-ring (bicyclic) bond motifs is 1. The topological polar surface area (TPSA) is 79.7 Å². The number of aliphatic hydroxyl groups is 1. The fraction of sp³-hybridized carbons (Fsp3) is 0.409. The summed E-state index contributed by atoms with van der Waals surface area (Å²) in [7, 11) is 0. The number of carbonyl (C=O) groups is 2. The van der Waals surface area contributed by atoms with Gasteiger partial charge in [0.25, 0.3) is 5.91 Å². The Labute approximate surface area is 179 Å². The molecule has 0 saturated carbocycles. The van der Waals surface area contributed by atoms with E-state index >= 15 is 0 Å². The molecule has 8 heteroatoms. The minimum absolute atomic E-state index is 0.126. The predicted molar refractivity (Wildman–Crippen MR) is 111 cm³/mol. The van der Waals surface area contributed by atoms with E-state index in [9.17, 15) is 19.1 Å². The minimum Gasteiger partial charge on any atom is -0.443 e. The van der Waals surface area contributed by atoms with Crippen LogP contribution in [0.2, 0.25) is 5.02 Å². The molecule has 1 aliphatic rings. The molecule has 0 aliphatic carbocycles. The number of rotatable bonds is 2. The fourth-order valence-electron chi connectivity index (χ4n) is 3.44. The van der Waals surface area contributed by atoms with Gasteiger partial charge < -0.3 is 9.84 Å². The number of hydrogen-bond acceptors (Lipinski definition) is 5. The zero-order chi connectivity index (χ0) is 22.6. The molecular formula is C22H24ClFN2O4. The second-order valence-electron chi connectivity index (χ2n) is 8.80. The Morgan fingerprint density at radius 2 is 1.93 bits per heavy atom. The molecule has 30 heavy (non-hydrogen) atoms. The van der Waals surface area contributed by atoms with Crippen LogP contribution >= 0.6 is 11.6 Å². The van der Waals surface area contributed by atoms with Crippen molar-refractivity contribution >= 4 is 23.6 Å². The molecular weight excluding hydrogens is 411 g/mol. The molecule has 2 aromatic rings. The van der Waals surface area contributed by atoms with Crippen LogP contribution < -0.4 is 0 Å². The number of amides is 2. The van der Waals surface area contributed by atoms with Gasteiger partial charge in [0.2, 0.25) is 0 Å². The number of ether oxygens (including phenoxy) is 1. The van der Waals surface area contributed by atoms with Gasteiger partial charge in [-0.05, 0) is 71.4 Å². The lowest BCUT2D eigenvalue weighted by Crippen LogP contribution is -2.46. The SMILES string of the molecule is CC(O)c1cc2c(c(-c3ccc(F)c(Cl)c3)n1)C(=O)N(C(=O)OC(C)(C)C)C2(C)C. The molecule has 1 atom stereocenters. The number of carbonyl (C=O) groups excluding carboxylic acids is 2. The van der Waals surface area contributed by atoms with Crippen molar-refractivity contribution in [2.45, 2.75) is 58.8 Å². The average Bonchev–Trinajstić information content (AvgIpc) is 2.81. The first-order chi connectivity index (χ1) is 13.7. The van der Waals surface area contributed by atoms with E-state index in [0.717, 1.165) is 4.90 Å². The van der Waals surface area contributed by atoms with Crippen molar-refractivity contribution in [2.24, 2.45) is 0 Å². The van der Waals surface area contributed by atoms with Crippen LogP contribution in [0.3, 0.4) is 0 Å². The van der Waals surface area contributed by atoms with Crippen molar-refractivity contribution in [3.8, 4) is 11.3 Å². The Balaban J connectivity index is 2.25. The van der Waals surface area contributed by atoms with Gasteiger partial charge in [0.05, 0.1) is 33.6 Å². The number of aromatic nitrogens is 1. The maximum Gasteiger partial charge on any atom is 0.418 e. The molecule has 2 amide bonds. The lowest BCUT2D eigenvalue weighted by molar-refractivity contribution is 0.00938. The van der Waals surface area contributed by atoms with E-state index in [1.54, 1.807) is 47.6 Å². The van der Waals surface area contributed by atoms with Gasteiger partial charge in [-0.2, -0.15) is 0 Å². The maximum atomic E-state index is 13.7. The van der Waals surface area contributed by atoms with Crippen molar-refractivity contribution in [3.63, 3.8) is 0 Å². The van der Waals surface area contributed by atoms with Crippen LogP contribution in [0, 0.1) is 5.82 Å². The highest BCUT2D eigenvalue weighted by atomic mass is 35.5. The first-order valence-corrected chi connectivity index (χ1v) is 9.88. The predicted octanol–water partition coefficient (Wildman–Crippen LogP) is 5.22. The molecule has 1 N–H and O–H groups in total. The van der Waals surface area contributed by atoms with Crippen LogP contribution in [-0.4, -0.2) is 32.6 Å². The number of nitrogens with zero attached hydrogens (tertiary/aromatic N) is 2. The van der Waals surface area contributed by atoms with Crippen LogP contribution in [-0.2, 0) is 10.3 Å². The van der Waals surface area contributed by atoms with E-state index < -0.39 is 35.1 Å². The number of benzene rings is 1. The molecule has 0 radical (unpaired) electrons. The number of imide groups is 1. The van der Waals surface area contributed by atoms with Crippen LogP contribution in [0.4, 0.5) is 9.18 Å². The third kappa shape index (κ3) is 3.79. The summed E-state index contributed by atoms with van der Waals surface area (Å²) >= 11 is 5.94. The summed E-state index contributed by atoms with van der Waals surface area (Å²) in [6.45, 7) is 10.1. The summed E-state index contributed by atoms with van der Waals surface area (Å²) < 4.78 is 19.1. The largest absolute Gasteiger partial charge is 0.443 e. The summed E-state index contributed by atoms with van der Waals surface area (Å²) in [5, 5.41) is 10.0. The Morgan fingerprint density at radius 1 is 1.30 bits per heavy atom. The second-order valence-corrected chi connectivity index (χ2v) is 9.21. The summed E-state index contributed by atoms with van der Waals surface area (Å²) in [4.78, 5) is 31.7. The molecule has 0 bridgehead atoms. The molecule has 0 spiro atoms. The maximum absolute atomic E-state index is 13.7. The van der Waals surface area contributed by atoms with Gasteiger partial charge in [-0.15, -0.1) is 0 Å².